The highest BCUT2D eigenvalue weighted by molar-refractivity contribution is 5.95. The van der Waals surface area contributed by atoms with E-state index < -0.39 is 0 Å². The van der Waals surface area contributed by atoms with Crippen molar-refractivity contribution < 1.29 is 4.74 Å². The van der Waals surface area contributed by atoms with Crippen LogP contribution in [0.25, 0.3) is 0 Å². The zero-order valence-corrected chi connectivity index (χ0v) is 8.60. The number of benzene rings is 1. The topological polar surface area (TPSA) is 21.6 Å². The van der Waals surface area contributed by atoms with Crippen LogP contribution in [0.1, 0.15) is 19.4 Å². The molecule has 0 fully saturated rings. The van der Waals surface area contributed by atoms with Crippen LogP contribution in [0.2, 0.25) is 0 Å². The number of ether oxygens (including phenoxy) is 1. The fourth-order valence-electron chi connectivity index (χ4n) is 1.47. The summed E-state index contributed by atoms with van der Waals surface area (Å²) in [5, 5.41) is 0. The molecule has 0 aliphatic carbocycles. The number of rotatable bonds is 2. The van der Waals surface area contributed by atoms with Crippen LogP contribution >= 0.6 is 0 Å². The first kappa shape index (κ1) is 9.25. The van der Waals surface area contributed by atoms with Gasteiger partial charge in [-0.05, 0) is 18.1 Å². The molecule has 0 unspecified atom stereocenters. The summed E-state index contributed by atoms with van der Waals surface area (Å²) >= 11 is 0. The number of nitrogens with zero attached hydrogens (tertiary/aromatic N) is 1. The van der Waals surface area contributed by atoms with Crippen LogP contribution in [0.4, 0.5) is 0 Å². The highest BCUT2D eigenvalue weighted by atomic mass is 16.5. The Labute approximate surface area is 84.6 Å². The number of hydrogen-bond acceptors (Lipinski definition) is 2. The van der Waals surface area contributed by atoms with Crippen LogP contribution in [0.15, 0.2) is 35.3 Å². The summed E-state index contributed by atoms with van der Waals surface area (Å²) in [4.78, 5) is 4.55. The minimum Gasteiger partial charge on any atom is -0.475 e. The van der Waals surface area contributed by atoms with Gasteiger partial charge in [0.15, 0.2) is 0 Å². The first-order valence-corrected chi connectivity index (χ1v) is 5.03. The van der Waals surface area contributed by atoms with E-state index in [9.17, 15) is 0 Å². The number of hydrogen-bond donors (Lipinski definition) is 0. The average molecular weight is 189 g/mol. The summed E-state index contributed by atoms with van der Waals surface area (Å²) in [7, 11) is 0. The largest absolute Gasteiger partial charge is 0.475 e. The van der Waals surface area contributed by atoms with Crippen molar-refractivity contribution in [2.75, 3.05) is 6.61 Å². The van der Waals surface area contributed by atoms with E-state index in [1.165, 1.54) is 0 Å². The molecule has 14 heavy (non-hydrogen) atoms. The predicted molar refractivity (Wildman–Crippen MR) is 57.6 cm³/mol. The minimum atomic E-state index is 0.324. The SMILES string of the molecule is CC(C)[C@H]1COC(c2ccccc2)=N1. The lowest BCUT2D eigenvalue weighted by Crippen LogP contribution is -2.13. The molecular weight excluding hydrogens is 174 g/mol. The lowest BCUT2D eigenvalue weighted by atomic mass is 10.1. The molecule has 1 aromatic rings. The van der Waals surface area contributed by atoms with Gasteiger partial charge in [-0.2, -0.15) is 0 Å². The molecule has 0 radical (unpaired) electrons. The van der Waals surface area contributed by atoms with Gasteiger partial charge in [0, 0.05) is 5.56 Å². The summed E-state index contributed by atoms with van der Waals surface area (Å²) in [5.74, 6) is 1.35. The van der Waals surface area contributed by atoms with Gasteiger partial charge in [-0.15, -0.1) is 0 Å². The van der Waals surface area contributed by atoms with Gasteiger partial charge < -0.3 is 4.74 Å². The molecule has 74 valence electrons. The van der Waals surface area contributed by atoms with Crippen molar-refractivity contribution in [1.29, 1.82) is 0 Å². The first-order chi connectivity index (χ1) is 6.77. The summed E-state index contributed by atoms with van der Waals surface area (Å²) in [6.07, 6.45) is 0. The summed E-state index contributed by atoms with van der Waals surface area (Å²) < 4.78 is 5.56. The van der Waals surface area contributed by atoms with Gasteiger partial charge in [0.2, 0.25) is 5.90 Å². The molecule has 2 rings (SSSR count). The van der Waals surface area contributed by atoms with Crippen molar-refractivity contribution in [3.8, 4) is 0 Å². The molecule has 1 atom stereocenters. The fraction of sp³-hybridized carbons (Fsp3) is 0.417. The molecule has 0 saturated heterocycles. The predicted octanol–water partition coefficient (Wildman–Crippen LogP) is 2.49. The van der Waals surface area contributed by atoms with Gasteiger partial charge in [0.05, 0.1) is 6.04 Å². The second-order valence-corrected chi connectivity index (χ2v) is 3.92. The zero-order chi connectivity index (χ0) is 9.97. The number of aliphatic imine (C=N–C) groups is 1. The lowest BCUT2D eigenvalue weighted by Gasteiger charge is -2.06. The van der Waals surface area contributed by atoms with E-state index in [-0.39, 0.29) is 0 Å². The van der Waals surface area contributed by atoms with Crippen LogP contribution in [0.5, 0.6) is 0 Å². The third kappa shape index (κ3) is 1.79. The molecule has 1 aliphatic rings. The van der Waals surface area contributed by atoms with Crippen molar-refractivity contribution in [1.82, 2.24) is 0 Å². The normalized spacial score (nSPS) is 20.8. The molecule has 0 aromatic heterocycles. The van der Waals surface area contributed by atoms with E-state index in [1.54, 1.807) is 0 Å². The van der Waals surface area contributed by atoms with Crippen LogP contribution in [0.3, 0.4) is 0 Å². The Kier molecular flexibility index (Phi) is 2.53. The van der Waals surface area contributed by atoms with Gasteiger partial charge in [0.1, 0.15) is 6.61 Å². The Morgan fingerprint density at radius 3 is 2.57 bits per heavy atom. The van der Waals surface area contributed by atoms with Crippen LogP contribution in [0, 0.1) is 5.92 Å². The lowest BCUT2D eigenvalue weighted by molar-refractivity contribution is 0.292. The third-order valence-electron chi connectivity index (χ3n) is 2.46. The second-order valence-electron chi connectivity index (χ2n) is 3.92. The molecule has 0 saturated carbocycles. The molecule has 0 bridgehead atoms. The summed E-state index contributed by atoms with van der Waals surface area (Å²) in [6, 6.07) is 10.4. The summed E-state index contributed by atoms with van der Waals surface area (Å²) in [6.45, 7) is 5.07. The van der Waals surface area contributed by atoms with Crippen molar-refractivity contribution in [3.05, 3.63) is 35.9 Å². The van der Waals surface area contributed by atoms with Crippen molar-refractivity contribution in [2.45, 2.75) is 19.9 Å². The van der Waals surface area contributed by atoms with E-state index in [0.717, 1.165) is 18.1 Å². The van der Waals surface area contributed by atoms with Gasteiger partial charge in [-0.25, -0.2) is 4.99 Å². The molecule has 0 amide bonds. The van der Waals surface area contributed by atoms with Gasteiger partial charge >= 0.3 is 0 Å². The smallest absolute Gasteiger partial charge is 0.216 e. The summed E-state index contributed by atoms with van der Waals surface area (Å²) in [5.41, 5.74) is 1.08. The Morgan fingerprint density at radius 2 is 2.00 bits per heavy atom. The first-order valence-electron chi connectivity index (χ1n) is 5.03. The Hall–Kier alpha value is -1.31. The van der Waals surface area contributed by atoms with Gasteiger partial charge in [0.25, 0.3) is 0 Å². The third-order valence-corrected chi connectivity index (χ3v) is 2.46. The Morgan fingerprint density at radius 1 is 1.29 bits per heavy atom. The molecule has 1 aliphatic heterocycles. The highest BCUT2D eigenvalue weighted by Crippen LogP contribution is 2.17. The van der Waals surface area contributed by atoms with E-state index in [1.807, 2.05) is 30.3 Å². The van der Waals surface area contributed by atoms with Crippen molar-refractivity contribution >= 4 is 5.90 Å². The molecule has 1 aromatic carbocycles. The van der Waals surface area contributed by atoms with Crippen LogP contribution in [-0.2, 0) is 4.74 Å². The maximum Gasteiger partial charge on any atom is 0.216 e. The molecule has 2 nitrogen and oxygen atoms in total. The molecular formula is C12H15NO. The maximum atomic E-state index is 5.56. The standard InChI is InChI=1S/C12H15NO/c1-9(2)11-8-14-12(13-11)10-6-4-3-5-7-10/h3-7,9,11H,8H2,1-2H3/t11-/m1/s1. The Balaban J connectivity index is 2.18. The van der Waals surface area contributed by atoms with Gasteiger partial charge in [-0.1, -0.05) is 32.0 Å². The monoisotopic (exact) mass is 189 g/mol. The zero-order valence-electron chi connectivity index (χ0n) is 8.60. The van der Waals surface area contributed by atoms with Crippen molar-refractivity contribution in [2.24, 2.45) is 10.9 Å². The maximum absolute atomic E-state index is 5.56. The molecule has 1 heterocycles. The fourth-order valence-corrected chi connectivity index (χ4v) is 1.47. The highest BCUT2D eigenvalue weighted by Gasteiger charge is 2.22. The average Bonchev–Trinajstić information content (AvgIpc) is 2.68. The second kappa shape index (κ2) is 3.82. The van der Waals surface area contributed by atoms with Crippen LogP contribution < -0.4 is 0 Å². The Bertz CT molecular complexity index is 329. The van der Waals surface area contributed by atoms with E-state index in [2.05, 4.69) is 18.8 Å². The van der Waals surface area contributed by atoms with Crippen molar-refractivity contribution in [3.63, 3.8) is 0 Å². The van der Waals surface area contributed by atoms with E-state index >= 15 is 0 Å². The van der Waals surface area contributed by atoms with Crippen LogP contribution in [-0.4, -0.2) is 18.5 Å². The quantitative estimate of drug-likeness (QED) is 0.700. The molecule has 0 N–H and O–H groups in total. The molecule has 0 spiro atoms. The van der Waals surface area contributed by atoms with Gasteiger partial charge in [-0.3, -0.25) is 0 Å². The van der Waals surface area contributed by atoms with E-state index in [0.29, 0.717) is 12.0 Å². The van der Waals surface area contributed by atoms with E-state index in [4.69, 9.17) is 4.74 Å². The molecule has 2 heteroatoms. The minimum absolute atomic E-state index is 0.324.